The van der Waals surface area contributed by atoms with Crippen molar-refractivity contribution < 1.29 is 5.11 Å². The molecule has 0 saturated carbocycles. The standard InChI is InChI=1S/C15H17ClN2O/c1-18(10-7-12-5-8-17-9-6-12)11-13-3-2-4-14(19)15(13)16/h2-6,8-9,19H,7,10-11H2,1H3. The third kappa shape index (κ3) is 3.94. The lowest BCUT2D eigenvalue weighted by Crippen LogP contribution is -2.20. The molecule has 0 atom stereocenters. The molecule has 1 heterocycles. The van der Waals surface area contributed by atoms with Gasteiger partial charge in [0.2, 0.25) is 0 Å². The molecule has 0 unspecified atom stereocenters. The lowest BCUT2D eigenvalue weighted by molar-refractivity contribution is 0.330. The quantitative estimate of drug-likeness (QED) is 0.912. The minimum Gasteiger partial charge on any atom is -0.506 e. The van der Waals surface area contributed by atoms with E-state index in [2.05, 4.69) is 9.88 Å². The summed E-state index contributed by atoms with van der Waals surface area (Å²) >= 11 is 6.07. The number of nitrogens with zero attached hydrogens (tertiary/aromatic N) is 2. The minimum absolute atomic E-state index is 0.140. The summed E-state index contributed by atoms with van der Waals surface area (Å²) < 4.78 is 0. The average Bonchev–Trinajstić information content (AvgIpc) is 2.43. The van der Waals surface area contributed by atoms with Crippen molar-refractivity contribution >= 4 is 11.6 Å². The fourth-order valence-electron chi connectivity index (χ4n) is 1.93. The molecule has 0 fully saturated rings. The Morgan fingerprint density at radius 2 is 1.95 bits per heavy atom. The van der Waals surface area contributed by atoms with Crippen molar-refractivity contribution in [3.8, 4) is 5.75 Å². The van der Waals surface area contributed by atoms with Crippen molar-refractivity contribution in [2.45, 2.75) is 13.0 Å². The Morgan fingerprint density at radius 1 is 1.21 bits per heavy atom. The van der Waals surface area contributed by atoms with Gasteiger partial charge < -0.3 is 10.0 Å². The third-order valence-electron chi connectivity index (χ3n) is 3.03. The number of aromatic nitrogens is 1. The van der Waals surface area contributed by atoms with E-state index in [-0.39, 0.29) is 5.75 Å². The molecule has 3 nitrogen and oxygen atoms in total. The lowest BCUT2D eigenvalue weighted by atomic mass is 10.1. The summed E-state index contributed by atoms with van der Waals surface area (Å²) in [4.78, 5) is 6.18. The van der Waals surface area contributed by atoms with Gasteiger partial charge in [0.15, 0.2) is 0 Å². The first-order valence-electron chi connectivity index (χ1n) is 6.20. The summed E-state index contributed by atoms with van der Waals surface area (Å²) in [7, 11) is 2.04. The van der Waals surface area contributed by atoms with Crippen LogP contribution < -0.4 is 0 Å². The molecule has 0 radical (unpaired) electrons. The summed E-state index contributed by atoms with van der Waals surface area (Å²) in [6.07, 6.45) is 4.58. The molecular weight excluding hydrogens is 260 g/mol. The average molecular weight is 277 g/mol. The van der Waals surface area contributed by atoms with Gasteiger partial charge >= 0.3 is 0 Å². The summed E-state index contributed by atoms with van der Waals surface area (Å²) in [6, 6.07) is 9.39. The van der Waals surface area contributed by atoms with Crippen LogP contribution in [0.1, 0.15) is 11.1 Å². The number of halogens is 1. The van der Waals surface area contributed by atoms with Gasteiger partial charge in [0.1, 0.15) is 5.75 Å². The second-order valence-electron chi connectivity index (χ2n) is 4.59. The molecule has 0 bridgehead atoms. The van der Waals surface area contributed by atoms with Crippen molar-refractivity contribution in [1.29, 1.82) is 0 Å². The van der Waals surface area contributed by atoms with Crippen LogP contribution in [0.15, 0.2) is 42.7 Å². The van der Waals surface area contributed by atoms with Crippen LogP contribution >= 0.6 is 11.6 Å². The summed E-state index contributed by atoms with van der Waals surface area (Å²) in [6.45, 7) is 1.65. The Labute approximate surface area is 118 Å². The number of hydrogen-bond acceptors (Lipinski definition) is 3. The molecule has 0 spiro atoms. The summed E-state index contributed by atoms with van der Waals surface area (Å²) in [5, 5.41) is 10.0. The molecule has 100 valence electrons. The topological polar surface area (TPSA) is 36.4 Å². The zero-order chi connectivity index (χ0) is 13.7. The third-order valence-corrected chi connectivity index (χ3v) is 3.47. The molecule has 0 aliphatic carbocycles. The van der Waals surface area contributed by atoms with E-state index >= 15 is 0 Å². The lowest BCUT2D eigenvalue weighted by Gasteiger charge is -2.17. The second-order valence-corrected chi connectivity index (χ2v) is 4.97. The van der Waals surface area contributed by atoms with Crippen molar-refractivity contribution in [3.05, 3.63) is 58.9 Å². The highest BCUT2D eigenvalue weighted by Crippen LogP contribution is 2.27. The van der Waals surface area contributed by atoms with E-state index in [1.54, 1.807) is 18.5 Å². The number of phenols is 1. The van der Waals surface area contributed by atoms with Gasteiger partial charge in [-0.2, -0.15) is 0 Å². The molecule has 1 aromatic heterocycles. The van der Waals surface area contributed by atoms with Crippen molar-refractivity contribution in [2.75, 3.05) is 13.6 Å². The van der Waals surface area contributed by atoms with E-state index < -0.39 is 0 Å². The van der Waals surface area contributed by atoms with E-state index in [9.17, 15) is 5.11 Å². The monoisotopic (exact) mass is 276 g/mol. The molecule has 0 saturated heterocycles. The molecule has 1 N–H and O–H groups in total. The van der Waals surface area contributed by atoms with Crippen LogP contribution in [0.2, 0.25) is 5.02 Å². The normalized spacial score (nSPS) is 10.9. The van der Waals surface area contributed by atoms with Crippen LogP contribution in [0.25, 0.3) is 0 Å². The Bertz CT molecular complexity index is 531. The van der Waals surface area contributed by atoms with Crippen molar-refractivity contribution in [1.82, 2.24) is 9.88 Å². The molecule has 0 aliphatic rings. The summed E-state index contributed by atoms with van der Waals surface area (Å²) in [5.41, 5.74) is 2.21. The maximum atomic E-state index is 9.56. The molecular formula is C15H17ClN2O. The van der Waals surface area contributed by atoms with Crippen LogP contribution in [-0.4, -0.2) is 28.6 Å². The van der Waals surface area contributed by atoms with Gasteiger partial charge in [0, 0.05) is 25.5 Å². The Morgan fingerprint density at radius 3 is 2.68 bits per heavy atom. The Balaban J connectivity index is 1.91. The van der Waals surface area contributed by atoms with Crippen LogP contribution in [0.3, 0.4) is 0 Å². The van der Waals surface area contributed by atoms with Gasteiger partial charge in [-0.15, -0.1) is 0 Å². The number of likely N-dealkylation sites (N-methyl/N-ethyl adjacent to an activating group) is 1. The Kier molecular flexibility index (Phi) is 4.77. The maximum Gasteiger partial charge on any atom is 0.134 e. The van der Waals surface area contributed by atoms with E-state index in [4.69, 9.17) is 11.6 Å². The van der Waals surface area contributed by atoms with Gasteiger partial charge in [-0.25, -0.2) is 0 Å². The predicted octanol–water partition coefficient (Wildman–Crippen LogP) is 3.12. The van der Waals surface area contributed by atoms with Crippen LogP contribution in [-0.2, 0) is 13.0 Å². The first-order chi connectivity index (χ1) is 9.16. The smallest absolute Gasteiger partial charge is 0.134 e. The van der Waals surface area contributed by atoms with E-state index in [0.717, 1.165) is 25.1 Å². The van der Waals surface area contributed by atoms with E-state index in [1.807, 2.05) is 31.3 Å². The number of rotatable bonds is 5. The first-order valence-corrected chi connectivity index (χ1v) is 6.58. The van der Waals surface area contributed by atoms with Gasteiger partial charge in [-0.3, -0.25) is 4.98 Å². The Hall–Kier alpha value is -1.58. The largest absolute Gasteiger partial charge is 0.506 e. The van der Waals surface area contributed by atoms with E-state index in [0.29, 0.717) is 5.02 Å². The molecule has 0 aliphatic heterocycles. The fraction of sp³-hybridized carbons (Fsp3) is 0.267. The van der Waals surface area contributed by atoms with Gasteiger partial charge in [-0.1, -0.05) is 23.7 Å². The van der Waals surface area contributed by atoms with E-state index in [1.165, 1.54) is 5.56 Å². The highest BCUT2D eigenvalue weighted by atomic mass is 35.5. The molecule has 19 heavy (non-hydrogen) atoms. The second kappa shape index (κ2) is 6.55. The molecule has 1 aromatic carbocycles. The van der Waals surface area contributed by atoms with Crippen LogP contribution in [0.4, 0.5) is 0 Å². The fourth-order valence-corrected chi connectivity index (χ4v) is 2.11. The highest BCUT2D eigenvalue weighted by Gasteiger charge is 2.07. The van der Waals surface area contributed by atoms with Gasteiger partial charge in [0.25, 0.3) is 0 Å². The molecule has 2 rings (SSSR count). The predicted molar refractivity (Wildman–Crippen MR) is 77.4 cm³/mol. The molecule has 2 aromatic rings. The molecule has 0 amide bonds. The zero-order valence-corrected chi connectivity index (χ0v) is 11.6. The number of benzene rings is 1. The van der Waals surface area contributed by atoms with Crippen LogP contribution in [0, 0.1) is 0 Å². The number of pyridine rings is 1. The number of phenolic OH excluding ortho intramolecular Hbond substituents is 1. The van der Waals surface area contributed by atoms with Crippen molar-refractivity contribution in [2.24, 2.45) is 0 Å². The highest BCUT2D eigenvalue weighted by molar-refractivity contribution is 6.32. The summed E-state index contributed by atoms with van der Waals surface area (Å²) in [5.74, 6) is 0.140. The molecule has 4 heteroatoms. The number of aromatic hydroxyl groups is 1. The number of hydrogen-bond donors (Lipinski definition) is 1. The maximum absolute atomic E-state index is 9.56. The minimum atomic E-state index is 0.140. The van der Waals surface area contributed by atoms with Gasteiger partial charge in [0.05, 0.1) is 5.02 Å². The van der Waals surface area contributed by atoms with Crippen molar-refractivity contribution in [3.63, 3.8) is 0 Å². The SMILES string of the molecule is CN(CCc1ccncc1)Cc1cccc(O)c1Cl. The van der Waals surface area contributed by atoms with Crippen LogP contribution in [0.5, 0.6) is 5.75 Å². The van der Waals surface area contributed by atoms with Gasteiger partial charge in [-0.05, 0) is 42.8 Å². The first kappa shape index (κ1) is 13.8. The zero-order valence-electron chi connectivity index (χ0n) is 10.9.